The van der Waals surface area contributed by atoms with Crippen molar-refractivity contribution < 1.29 is 29.0 Å². The fourth-order valence-electron chi connectivity index (χ4n) is 2.59. The molecule has 6 nitrogen and oxygen atoms in total. The molecule has 1 aliphatic heterocycles. The largest absolute Gasteiger partial charge is 0.508 e. The van der Waals surface area contributed by atoms with E-state index in [1.807, 2.05) is 6.92 Å². The van der Waals surface area contributed by atoms with Gasteiger partial charge in [-0.25, -0.2) is 0 Å². The lowest BCUT2D eigenvalue weighted by molar-refractivity contribution is -0.147. The number of aromatic hydroxyl groups is 1. The Kier molecular flexibility index (Phi) is 5.73. The molecule has 0 saturated heterocycles. The van der Waals surface area contributed by atoms with Gasteiger partial charge in [0.1, 0.15) is 11.5 Å². The van der Waals surface area contributed by atoms with Gasteiger partial charge in [-0.1, -0.05) is 6.08 Å². The van der Waals surface area contributed by atoms with Crippen molar-refractivity contribution in [2.24, 2.45) is 0 Å². The lowest BCUT2D eigenvalue weighted by Gasteiger charge is -2.16. The van der Waals surface area contributed by atoms with Gasteiger partial charge in [-0.2, -0.15) is 0 Å². The summed E-state index contributed by atoms with van der Waals surface area (Å²) in [5, 5.41) is 9.82. The Morgan fingerprint density at radius 2 is 2.08 bits per heavy atom. The van der Waals surface area contributed by atoms with E-state index in [-0.39, 0.29) is 40.9 Å². The van der Waals surface area contributed by atoms with Crippen molar-refractivity contribution >= 4 is 17.7 Å². The average Bonchev–Trinajstić information content (AvgIpc) is 2.44. The van der Waals surface area contributed by atoms with E-state index >= 15 is 0 Å². The molecule has 0 saturated carbocycles. The van der Waals surface area contributed by atoms with E-state index in [0.717, 1.165) is 6.42 Å². The third-order valence-corrected chi connectivity index (χ3v) is 3.59. The third kappa shape index (κ3) is 4.68. The zero-order valence-electron chi connectivity index (χ0n) is 13.7. The van der Waals surface area contributed by atoms with Gasteiger partial charge in [0.25, 0.3) is 0 Å². The second-order valence-corrected chi connectivity index (χ2v) is 5.75. The summed E-state index contributed by atoms with van der Waals surface area (Å²) in [6.07, 6.45) is 4.89. The SMILES string of the molecule is CC(=O)Oc1cc(O)cc2c1C(=O)C=CCCC[C@H](C)OC(=O)C2. The summed E-state index contributed by atoms with van der Waals surface area (Å²) in [5.41, 5.74) is 0.350. The first-order valence-electron chi connectivity index (χ1n) is 7.81. The molecule has 0 radical (unpaired) electrons. The lowest BCUT2D eigenvalue weighted by Crippen LogP contribution is -2.19. The minimum atomic E-state index is -0.623. The van der Waals surface area contributed by atoms with Gasteiger partial charge < -0.3 is 14.6 Å². The van der Waals surface area contributed by atoms with E-state index in [9.17, 15) is 19.5 Å². The Morgan fingerprint density at radius 1 is 1.33 bits per heavy atom. The van der Waals surface area contributed by atoms with Gasteiger partial charge in [-0.05, 0) is 43.9 Å². The number of phenols is 1. The number of cyclic esters (lactones) is 1. The van der Waals surface area contributed by atoms with E-state index in [0.29, 0.717) is 12.8 Å². The Hall–Kier alpha value is -2.63. The molecule has 0 aromatic heterocycles. The second kappa shape index (κ2) is 7.77. The molecule has 1 aromatic carbocycles. The number of hydrogen-bond acceptors (Lipinski definition) is 6. The van der Waals surface area contributed by atoms with Crippen molar-refractivity contribution in [3.8, 4) is 11.5 Å². The lowest BCUT2D eigenvalue weighted by atomic mass is 9.98. The van der Waals surface area contributed by atoms with Crippen LogP contribution in [0, 0.1) is 0 Å². The van der Waals surface area contributed by atoms with Gasteiger partial charge >= 0.3 is 11.9 Å². The zero-order chi connectivity index (χ0) is 17.7. The molecule has 24 heavy (non-hydrogen) atoms. The van der Waals surface area contributed by atoms with Crippen molar-refractivity contribution in [3.05, 3.63) is 35.4 Å². The van der Waals surface area contributed by atoms with E-state index in [1.54, 1.807) is 6.08 Å². The van der Waals surface area contributed by atoms with E-state index < -0.39 is 11.9 Å². The van der Waals surface area contributed by atoms with Crippen molar-refractivity contribution in [1.29, 1.82) is 0 Å². The number of ether oxygens (including phenoxy) is 2. The highest BCUT2D eigenvalue weighted by Crippen LogP contribution is 2.30. The molecule has 0 fully saturated rings. The number of phenolic OH excluding ortho intramolecular Hbond substituents is 1. The minimum Gasteiger partial charge on any atom is -0.508 e. The number of ketones is 1. The summed E-state index contributed by atoms with van der Waals surface area (Å²) >= 11 is 0. The average molecular weight is 332 g/mol. The van der Waals surface area contributed by atoms with Gasteiger partial charge in [0, 0.05) is 13.0 Å². The maximum absolute atomic E-state index is 12.5. The summed E-state index contributed by atoms with van der Waals surface area (Å²) in [6.45, 7) is 3.01. The highest BCUT2D eigenvalue weighted by molar-refractivity contribution is 6.08. The summed E-state index contributed by atoms with van der Waals surface area (Å²) < 4.78 is 10.4. The Bertz CT molecular complexity index is 689. The first-order chi connectivity index (χ1) is 11.4. The van der Waals surface area contributed by atoms with E-state index in [2.05, 4.69) is 0 Å². The summed E-state index contributed by atoms with van der Waals surface area (Å²) in [5.74, 6) is -1.77. The number of rotatable bonds is 1. The van der Waals surface area contributed by atoms with Gasteiger partial charge in [-0.15, -0.1) is 0 Å². The molecule has 1 atom stereocenters. The Labute approximate surface area is 140 Å². The molecule has 1 N–H and O–H groups in total. The number of esters is 2. The molecule has 1 aromatic rings. The van der Waals surface area contributed by atoms with Crippen molar-refractivity contribution in [2.45, 2.75) is 45.6 Å². The third-order valence-electron chi connectivity index (χ3n) is 3.59. The van der Waals surface area contributed by atoms with Crippen LogP contribution in [0.25, 0.3) is 0 Å². The number of carbonyl (C=O) groups excluding carboxylic acids is 3. The first kappa shape index (κ1) is 17.7. The zero-order valence-corrected chi connectivity index (χ0v) is 13.7. The quantitative estimate of drug-likeness (QED) is 0.628. The van der Waals surface area contributed by atoms with Crippen LogP contribution in [-0.2, 0) is 20.7 Å². The number of benzene rings is 1. The first-order valence-corrected chi connectivity index (χ1v) is 7.81. The molecule has 0 aliphatic carbocycles. The smallest absolute Gasteiger partial charge is 0.310 e. The summed E-state index contributed by atoms with van der Waals surface area (Å²) in [7, 11) is 0. The van der Waals surface area contributed by atoms with Crippen LogP contribution in [0.3, 0.4) is 0 Å². The highest BCUT2D eigenvalue weighted by Gasteiger charge is 2.22. The molecule has 0 spiro atoms. The van der Waals surface area contributed by atoms with Crippen LogP contribution in [0.5, 0.6) is 11.5 Å². The molecule has 1 heterocycles. The van der Waals surface area contributed by atoms with Crippen molar-refractivity contribution in [1.82, 2.24) is 0 Å². The maximum atomic E-state index is 12.5. The molecular weight excluding hydrogens is 312 g/mol. The highest BCUT2D eigenvalue weighted by atomic mass is 16.5. The Morgan fingerprint density at radius 3 is 2.79 bits per heavy atom. The predicted molar refractivity (Wildman–Crippen MR) is 86.0 cm³/mol. The number of carbonyl (C=O) groups is 3. The summed E-state index contributed by atoms with van der Waals surface area (Å²) in [4.78, 5) is 35.9. The van der Waals surface area contributed by atoms with E-state index in [1.165, 1.54) is 25.1 Å². The number of fused-ring (bicyclic) bond motifs is 1. The number of allylic oxidation sites excluding steroid dienone is 2. The van der Waals surface area contributed by atoms with Crippen LogP contribution in [0.2, 0.25) is 0 Å². The predicted octanol–water partition coefficient (Wildman–Crippen LogP) is 2.71. The van der Waals surface area contributed by atoms with Crippen LogP contribution in [0.4, 0.5) is 0 Å². The normalized spacial score (nSPS) is 18.8. The van der Waals surface area contributed by atoms with Crippen LogP contribution in [0.15, 0.2) is 24.3 Å². The van der Waals surface area contributed by atoms with Crippen molar-refractivity contribution in [2.75, 3.05) is 0 Å². The maximum Gasteiger partial charge on any atom is 0.310 e. The number of hydrogen-bond donors (Lipinski definition) is 1. The fraction of sp³-hybridized carbons (Fsp3) is 0.389. The topological polar surface area (TPSA) is 89.9 Å². The standard InChI is InChI=1S/C18H20O6/c1-11-6-4-3-5-7-15(21)18-13(9-17(22)23-11)8-14(20)10-16(18)24-12(2)19/h5,7-8,10-11,20H,3-4,6,9H2,1-2H3/t11-/m0/s1. The molecule has 0 bridgehead atoms. The molecule has 0 unspecified atom stereocenters. The molecular formula is C18H20O6. The molecule has 0 amide bonds. The van der Waals surface area contributed by atoms with Crippen LogP contribution >= 0.6 is 0 Å². The minimum absolute atomic E-state index is 0.0648. The molecule has 6 heteroatoms. The van der Waals surface area contributed by atoms with Crippen LogP contribution in [0.1, 0.15) is 49.0 Å². The van der Waals surface area contributed by atoms with Gasteiger partial charge in [0.2, 0.25) is 0 Å². The van der Waals surface area contributed by atoms with Crippen LogP contribution in [-0.4, -0.2) is 28.9 Å². The van der Waals surface area contributed by atoms with Gasteiger partial charge in [0.15, 0.2) is 5.78 Å². The molecule has 128 valence electrons. The molecule has 1 aliphatic rings. The van der Waals surface area contributed by atoms with Crippen molar-refractivity contribution in [3.63, 3.8) is 0 Å². The Balaban J connectivity index is 2.51. The fourth-order valence-corrected chi connectivity index (χ4v) is 2.59. The monoisotopic (exact) mass is 332 g/mol. The van der Waals surface area contributed by atoms with Gasteiger partial charge in [0.05, 0.1) is 18.1 Å². The second-order valence-electron chi connectivity index (χ2n) is 5.75. The molecule has 2 rings (SSSR count). The van der Waals surface area contributed by atoms with E-state index in [4.69, 9.17) is 9.47 Å². The summed E-state index contributed by atoms with van der Waals surface area (Å²) in [6, 6.07) is 2.50. The van der Waals surface area contributed by atoms with Crippen LogP contribution < -0.4 is 4.74 Å². The van der Waals surface area contributed by atoms with Gasteiger partial charge in [-0.3, -0.25) is 14.4 Å².